The van der Waals surface area contributed by atoms with Crippen molar-refractivity contribution in [3.63, 3.8) is 0 Å². The predicted molar refractivity (Wildman–Crippen MR) is 131 cm³/mol. The Hall–Kier alpha value is -5.24. The molecule has 1 amide bonds. The molecular weight excluding hydrogens is 468 g/mol. The van der Waals surface area contributed by atoms with Crippen LogP contribution >= 0.6 is 0 Å². The molecule has 3 aromatic carbocycles. The van der Waals surface area contributed by atoms with E-state index in [2.05, 4.69) is 5.32 Å². The number of nitro benzene ring substituents is 2. The molecular formula is C25H20N4O7. The number of amides is 1. The second kappa shape index (κ2) is 11.3. The minimum absolute atomic E-state index is 0.0380. The zero-order valence-electron chi connectivity index (χ0n) is 19.2. The molecule has 1 N–H and O–H groups in total. The number of hydrogen-bond donors (Lipinski definition) is 1. The molecule has 0 unspecified atom stereocenters. The van der Waals surface area contributed by atoms with Crippen LogP contribution in [0.5, 0.6) is 17.2 Å². The zero-order chi connectivity index (χ0) is 26.2. The summed E-state index contributed by atoms with van der Waals surface area (Å²) in [7, 11) is 0. The van der Waals surface area contributed by atoms with E-state index in [9.17, 15) is 30.3 Å². The van der Waals surface area contributed by atoms with Gasteiger partial charge in [-0.2, -0.15) is 5.26 Å². The first-order valence-electron chi connectivity index (χ1n) is 10.6. The maximum absolute atomic E-state index is 12.6. The lowest BCUT2D eigenvalue weighted by atomic mass is 10.1. The van der Waals surface area contributed by atoms with Crippen LogP contribution in [-0.4, -0.2) is 21.9 Å². The number of non-ortho nitro benzene ring substituents is 1. The van der Waals surface area contributed by atoms with Crippen molar-refractivity contribution in [2.75, 3.05) is 5.32 Å². The van der Waals surface area contributed by atoms with Gasteiger partial charge in [0.1, 0.15) is 23.1 Å². The third-order valence-electron chi connectivity index (χ3n) is 4.60. The van der Waals surface area contributed by atoms with Crippen molar-refractivity contribution in [2.45, 2.75) is 20.0 Å². The minimum Gasteiger partial charge on any atom is -0.491 e. The molecule has 0 spiro atoms. The second-order valence-electron chi connectivity index (χ2n) is 7.66. The average Bonchev–Trinajstić information content (AvgIpc) is 2.83. The highest BCUT2D eigenvalue weighted by molar-refractivity contribution is 6.09. The van der Waals surface area contributed by atoms with Gasteiger partial charge in [-0.05, 0) is 55.8 Å². The number of anilines is 1. The van der Waals surface area contributed by atoms with Gasteiger partial charge in [0, 0.05) is 17.8 Å². The fraction of sp³-hybridized carbons (Fsp3) is 0.120. The van der Waals surface area contributed by atoms with Crippen LogP contribution in [-0.2, 0) is 4.79 Å². The van der Waals surface area contributed by atoms with Crippen LogP contribution in [0.2, 0.25) is 0 Å². The Morgan fingerprint density at radius 1 is 1.00 bits per heavy atom. The van der Waals surface area contributed by atoms with Gasteiger partial charge in [0.15, 0.2) is 0 Å². The van der Waals surface area contributed by atoms with Crippen molar-refractivity contribution in [1.82, 2.24) is 0 Å². The fourth-order valence-electron chi connectivity index (χ4n) is 3.04. The Bertz CT molecular complexity index is 1380. The third-order valence-corrected chi connectivity index (χ3v) is 4.60. The van der Waals surface area contributed by atoms with Crippen LogP contribution in [0.4, 0.5) is 17.1 Å². The molecule has 0 aromatic heterocycles. The number of nitrogens with zero attached hydrogens (tertiary/aromatic N) is 3. The van der Waals surface area contributed by atoms with Crippen LogP contribution in [0.15, 0.2) is 72.3 Å². The quantitative estimate of drug-likeness (QED) is 0.176. The van der Waals surface area contributed by atoms with Crippen molar-refractivity contribution in [2.24, 2.45) is 0 Å². The summed E-state index contributed by atoms with van der Waals surface area (Å²) in [6, 6.07) is 17.8. The van der Waals surface area contributed by atoms with Gasteiger partial charge >= 0.3 is 5.69 Å². The molecule has 36 heavy (non-hydrogen) atoms. The first-order chi connectivity index (χ1) is 17.2. The van der Waals surface area contributed by atoms with Crippen molar-refractivity contribution in [3.05, 3.63) is 98.1 Å². The molecule has 0 saturated heterocycles. The highest BCUT2D eigenvalue weighted by Gasteiger charge is 2.21. The van der Waals surface area contributed by atoms with E-state index in [1.807, 2.05) is 19.9 Å². The van der Waals surface area contributed by atoms with Crippen molar-refractivity contribution >= 4 is 29.0 Å². The number of benzene rings is 3. The van der Waals surface area contributed by atoms with E-state index in [-0.39, 0.29) is 23.2 Å². The Morgan fingerprint density at radius 3 is 2.33 bits per heavy atom. The number of ether oxygens (including phenoxy) is 2. The van der Waals surface area contributed by atoms with E-state index >= 15 is 0 Å². The fourth-order valence-corrected chi connectivity index (χ4v) is 3.04. The normalized spacial score (nSPS) is 10.9. The van der Waals surface area contributed by atoms with E-state index < -0.39 is 27.1 Å². The van der Waals surface area contributed by atoms with Gasteiger partial charge in [0.2, 0.25) is 5.75 Å². The smallest absolute Gasteiger partial charge is 0.318 e. The lowest BCUT2D eigenvalue weighted by Gasteiger charge is -2.11. The number of hydrogen-bond acceptors (Lipinski definition) is 8. The molecule has 3 rings (SSSR count). The first kappa shape index (κ1) is 25.4. The monoisotopic (exact) mass is 488 g/mol. The van der Waals surface area contributed by atoms with Crippen molar-refractivity contribution in [3.8, 4) is 23.3 Å². The summed E-state index contributed by atoms with van der Waals surface area (Å²) >= 11 is 0. The van der Waals surface area contributed by atoms with Gasteiger partial charge < -0.3 is 14.8 Å². The van der Waals surface area contributed by atoms with E-state index in [0.29, 0.717) is 17.0 Å². The molecule has 0 heterocycles. The first-order valence-corrected chi connectivity index (χ1v) is 10.6. The van der Waals surface area contributed by atoms with Crippen LogP contribution in [0.1, 0.15) is 19.4 Å². The Kier molecular flexibility index (Phi) is 7.94. The predicted octanol–water partition coefficient (Wildman–Crippen LogP) is 5.63. The molecule has 11 nitrogen and oxygen atoms in total. The third kappa shape index (κ3) is 6.64. The standard InChI is InChI=1S/C25H20N4O7/c1-16(2)35-22-5-3-4-19(13-22)27-25(30)18(15-26)12-17-6-9-21(10-7-17)36-24-11-8-20(28(31)32)14-23(24)29(33)34/h3-14,16H,1-2H3,(H,27,30)/b18-12-. The van der Waals surface area contributed by atoms with Crippen LogP contribution in [0.3, 0.4) is 0 Å². The summed E-state index contributed by atoms with van der Waals surface area (Å²) in [6.45, 7) is 3.76. The lowest BCUT2D eigenvalue weighted by molar-refractivity contribution is -0.394. The van der Waals surface area contributed by atoms with Crippen LogP contribution < -0.4 is 14.8 Å². The summed E-state index contributed by atoms with van der Waals surface area (Å²) < 4.78 is 11.1. The average molecular weight is 488 g/mol. The highest BCUT2D eigenvalue weighted by Crippen LogP contribution is 2.34. The van der Waals surface area contributed by atoms with Gasteiger partial charge in [0.05, 0.1) is 22.0 Å². The van der Waals surface area contributed by atoms with E-state index in [1.165, 1.54) is 18.2 Å². The van der Waals surface area contributed by atoms with Crippen LogP contribution in [0.25, 0.3) is 6.08 Å². The number of nitro groups is 2. The molecule has 0 aliphatic carbocycles. The largest absolute Gasteiger partial charge is 0.491 e. The number of carbonyl (C=O) groups excluding carboxylic acids is 1. The van der Waals surface area contributed by atoms with E-state index in [1.54, 1.807) is 36.4 Å². The zero-order valence-corrected chi connectivity index (χ0v) is 19.2. The summed E-state index contributed by atoms with van der Waals surface area (Å²) in [5.41, 5.74) is -0.169. The molecule has 11 heteroatoms. The van der Waals surface area contributed by atoms with Crippen molar-refractivity contribution in [1.29, 1.82) is 5.26 Å². The Balaban J connectivity index is 1.75. The number of nitriles is 1. The lowest BCUT2D eigenvalue weighted by Crippen LogP contribution is -2.13. The summed E-state index contributed by atoms with van der Waals surface area (Å²) in [4.78, 5) is 33.2. The minimum atomic E-state index is -0.776. The molecule has 0 saturated carbocycles. The molecule has 0 aliphatic heterocycles. The van der Waals surface area contributed by atoms with Gasteiger partial charge in [0.25, 0.3) is 11.6 Å². The number of rotatable bonds is 9. The van der Waals surface area contributed by atoms with Gasteiger partial charge in [-0.15, -0.1) is 0 Å². The van der Waals surface area contributed by atoms with Gasteiger partial charge in [-0.1, -0.05) is 18.2 Å². The second-order valence-corrected chi connectivity index (χ2v) is 7.66. The molecule has 0 atom stereocenters. The van der Waals surface area contributed by atoms with E-state index in [4.69, 9.17) is 9.47 Å². The number of carbonyl (C=O) groups is 1. The number of nitrogens with one attached hydrogen (secondary N) is 1. The van der Waals surface area contributed by atoms with Gasteiger partial charge in [-0.3, -0.25) is 25.0 Å². The summed E-state index contributed by atoms with van der Waals surface area (Å²) in [5, 5.41) is 34.3. The SMILES string of the molecule is CC(C)Oc1cccc(NC(=O)/C(C#N)=C\c2ccc(Oc3ccc([N+](=O)[O-])cc3[N+](=O)[O-])cc2)c1. The molecule has 0 fully saturated rings. The topological polar surface area (TPSA) is 158 Å². The summed E-state index contributed by atoms with van der Waals surface area (Å²) in [5.74, 6) is 0.0128. The van der Waals surface area contributed by atoms with Gasteiger partial charge in [-0.25, -0.2) is 0 Å². The maximum Gasteiger partial charge on any atom is 0.318 e. The molecule has 0 aliphatic rings. The summed E-state index contributed by atoms with van der Waals surface area (Å²) in [6.07, 6.45) is 1.34. The van der Waals surface area contributed by atoms with E-state index in [0.717, 1.165) is 18.2 Å². The molecule has 182 valence electrons. The highest BCUT2D eigenvalue weighted by atomic mass is 16.6. The molecule has 0 bridgehead atoms. The van der Waals surface area contributed by atoms with Crippen molar-refractivity contribution < 1.29 is 24.1 Å². The molecule has 3 aromatic rings. The Labute approximate surface area is 205 Å². The maximum atomic E-state index is 12.6. The Morgan fingerprint density at radius 2 is 1.72 bits per heavy atom. The van der Waals surface area contributed by atoms with Crippen LogP contribution in [0, 0.1) is 31.6 Å². The molecule has 0 radical (unpaired) electrons.